The van der Waals surface area contributed by atoms with Gasteiger partial charge in [0, 0.05) is 17.5 Å². The summed E-state index contributed by atoms with van der Waals surface area (Å²) in [5, 5.41) is 3.11. The average molecular weight is 353 g/mol. The minimum Gasteiger partial charge on any atom is -0.384 e. The Bertz CT molecular complexity index is 1090. The maximum absolute atomic E-state index is 12.5. The number of nitrogens with one attached hydrogen (secondary N) is 1. The Hall–Kier alpha value is -3.07. The van der Waals surface area contributed by atoms with Crippen LogP contribution in [0.2, 0.25) is 0 Å². The number of amides is 2. The molecule has 0 aliphatic carbocycles. The van der Waals surface area contributed by atoms with Crippen LogP contribution >= 0.6 is 11.8 Å². The highest BCUT2D eigenvalue weighted by atomic mass is 32.2. The number of hydrogen-bond acceptors (Lipinski definition) is 7. The number of nitrogens with two attached hydrogens (primary N) is 1. The van der Waals surface area contributed by atoms with Crippen molar-refractivity contribution in [2.45, 2.75) is 4.90 Å². The molecule has 1 aromatic carbocycles. The van der Waals surface area contributed by atoms with Crippen molar-refractivity contribution in [2.24, 2.45) is 4.99 Å². The topological polar surface area (TPSA) is 110 Å². The predicted molar refractivity (Wildman–Crippen MR) is 93.8 cm³/mol. The van der Waals surface area contributed by atoms with Crippen LogP contribution in [0, 0.1) is 0 Å². The third kappa shape index (κ3) is 1.84. The number of nitrogens with zero attached hydrogens (tertiary/aromatic N) is 3. The van der Waals surface area contributed by atoms with Gasteiger partial charge in [-0.25, -0.2) is 0 Å². The second kappa shape index (κ2) is 4.73. The van der Waals surface area contributed by atoms with Crippen LogP contribution in [0.25, 0.3) is 5.69 Å². The van der Waals surface area contributed by atoms with E-state index in [1.54, 1.807) is 17.8 Å². The molecule has 0 saturated carbocycles. The SMILES string of the molecule is Nc1c2c(cc(=O)n1-c1ccc3c(c1)N1CCN=C1S3)C(=O)NC2=O. The summed E-state index contributed by atoms with van der Waals surface area (Å²) in [4.78, 5) is 43.8. The fourth-order valence-corrected chi connectivity index (χ4v) is 4.39. The first-order chi connectivity index (χ1) is 12.0. The molecule has 0 spiro atoms. The summed E-state index contributed by atoms with van der Waals surface area (Å²) in [5.74, 6) is -1.22. The summed E-state index contributed by atoms with van der Waals surface area (Å²) in [6, 6.07) is 6.68. The molecule has 4 heterocycles. The minimum absolute atomic E-state index is 0.0226. The van der Waals surface area contributed by atoms with Gasteiger partial charge in [0.15, 0.2) is 5.17 Å². The first-order valence-corrected chi connectivity index (χ1v) is 8.42. The van der Waals surface area contributed by atoms with Crippen LogP contribution in [-0.4, -0.2) is 34.6 Å². The van der Waals surface area contributed by atoms with Gasteiger partial charge in [-0.05, 0) is 30.0 Å². The van der Waals surface area contributed by atoms with Crippen LogP contribution in [0.1, 0.15) is 20.7 Å². The molecule has 9 heteroatoms. The number of thioether (sulfide) groups is 1. The number of anilines is 2. The molecule has 124 valence electrons. The van der Waals surface area contributed by atoms with Crippen LogP contribution in [0.5, 0.6) is 0 Å². The van der Waals surface area contributed by atoms with Gasteiger partial charge in [-0.15, -0.1) is 0 Å². The van der Waals surface area contributed by atoms with Crippen molar-refractivity contribution in [3.8, 4) is 5.69 Å². The van der Waals surface area contributed by atoms with Crippen LogP contribution in [0.15, 0.2) is 38.9 Å². The van der Waals surface area contributed by atoms with E-state index in [2.05, 4.69) is 15.2 Å². The first-order valence-electron chi connectivity index (χ1n) is 7.60. The number of imide groups is 1. The van der Waals surface area contributed by atoms with Gasteiger partial charge in [-0.2, -0.15) is 0 Å². The lowest BCUT2D eigenvalue weighted by atomic mass is 10.1. The number of nitrogen functional groups attached to an aromatic ring is 1. The molecule has 3 N–H and O–H groups in total. The number of aliphatic imine (C=N–C) groups is 1. The highest BCUT2D eigenvalue weighted by Crippen LogP contribution is 2.42. The highest BCUT2D eigenvalue weighted by molar-refractivity contribution is 8.14. The molecule has 0 atom stereocenters. The minimum atomic E-state index is -0.598. The van der Waals surface area contributed by atoms with E-state index in [1.807, 2.05) is 12.1 Å². The maximum atomic E-state index is 12.5. The lowest BCUT2D eigenvalue weighted by molar-refractivity contribution is 0.0880. The fraction of sp³-hybridized carbons (Fsp3) is 0.125. The smallest absolute Gasteiger partial charge is 0.262 e. The third-order valence-corrected chi connectivity index (χ3v) is 5.54. The van der Waals surface area contributed by atoms with E-state index in [-0.39, 0.29) is 16.9 Å². The van der Waals surface area contributed by atoms with E-state index in [0.29, 0.717) is 5.69 Å². The summed E-state index contributed by atoms with van der Waals surface area (Å²) < 4.78 is 1.26. The summed E-state index contributed by atoms with van der Waals surface area (Å²) in [6.45, 7) is 1.54. The number of aromatic nitrogens is 1. The molecule has 0 radical (unpaired) electrons. The fourth-order valence-electron chi connectivity index (χ4n) is 3.32. The van der Waals surface area contributed by atoms with Gasteiger partial charge in [0.05, 0.1) is 29.0 Å². The number of carbonyl (C=O) groups is 2. The van der Waals surface area contributed by atoms with Gasteiger partial charge in [-0.1, -0.05) is 0 Å². The quantitative estimate of drug-likeness (QED) is 0.726. The molecular formula is C16H11N5O3S. The summed E-state index contributed by atoms with van der Waals surface area (Å²) in [5.41, 5.74) is 7.20. The van der Waals surface area contributed by atoms with Crippen molar-refractivity contribution < 1.29 is 9.59 Å². The number of carbonyl (C=O) groups excluding carboxylic acids is 2. The van der Waals surface area contributed by atoms with E-state index in [0.717, 1.165) is 34.9 Å². The van der Waals surface area contributed by atoms with E-state index in [9.17, 15) is 14.4 Å². The molecule has 1 aromatic heterocycles. The van der Waals surface area contributed by atoms with E-state index >= 15 is 0 Å². The Morgan fingerprint density at radius 2 is 2.00 bits per heavy atom. The Kier molecular flexibility index (Phi) is 2.70. The molecule has 0 saturated heterocycles. The maximum Gasteiger partial charge on any atom is 0.262 e. The predicted octanol–water partition coefficient (Wildman–Crippen LogP) is 0.585. The zero-order valence-corrected chi connectivity index (χ0v) is 13.6. The lowest BCUT2D eigenvalue weighted by Gasteiger charge is -2.16. The molecule has 5 rings (SSSR count). The molecule has 3 aliphatic rings. The van der Waals surface area contributed by atoms with Crippen molar-refractivity contribution in [2.75, 3.05) is 23.7 Å². The second-order valence-electron chi connectivity index (χ2n) is 5.85. The van der Waals surface area contributed by atoms with E-state index in [4.69, 9.17) is 5.73 Å². The monoisotopic (exact) mass is 353 g/mol. The lowest BCUT2D eigenvalue weighted by Crippen LogP contribution is -2.25. The Balaban J connectivity index is 1.71. The average Bonchev–Trinajstić information content (AvgIpc) is 3.21. The van der Waals surface area contributed by atoms with Crippen LogP contribution in [-0.2, 0) is 0 Å². The largest absolute Gasteiger partial charge is 0.384 e. The van der Waals surface area contributed by atoms with Crippen molar-refractivity contribution in [1.82, 2.24) is 9.88 Å². The molecule has 2 aromatic rings. The van der Waals surface area contributed by atoms with E-state index in [1.165, 1.54) is 4.57 Å². The Morgan fingerprint density at radius 3 is 2.84 bits per heavy atom. The Morgan fingerprint density at radius 1 is 1.16 bits per heavy atom. The van der Waals surface area contributed by atoms with Gasteiger partial charge in [-0.3, -0.25) is 29.3 Å². The number of amidine groups is 1. The van der Waals surface area contributed by atoms with Crippen LogP contribution < -0.4 is 21.5 Å². The van der Waals surface area contributed by atoms with Crippen molar-refractivity contribution in [1.29, 1.82) is 0 Å². The number of pyridine rings is 1. The molecular weight excluding hydrogens is 342 g/mol. The van der Waals surface area contributed by atoms with Crippen LogP contribution in [0.3, 0.4) is 0 Å². The van der Waals surface area contributed by atoms with Gasteiger partial charge in [0.1, 0.15) is 5.82 Å². The van der Waals surface area contributed by atoms with Crippen molar-refractivity contribution in [3.63, 3.8) is 0 Å². The van der Waals surface area contributed by atoms with Crippen molar-refractivity contribution in [3.05, 3.63) is 45.7 Å². The first kappa shape index (κ1) is 14.3. The summed E-state index contributed by atoms with van der Waals surface area (Å²) in [7, 11) is 0. The molecule has 0 unspecified atom stereocenters. The normalized spacial score (nSPS) is 17.3. The number of fused-ring (bicyclic) bond motifs is 4. The number of benzene rings is 1. The standard InChI is InChI=1S/C16H11N5O3S/c17-13-12-8(14(23)19-15(12)24)6-11(22)21(13)7-1-2-10-9(5-7)20-4-3-18-16(20)25-10/h1-2,5-6H,3-4,17H2,(H,19,23,24). The third-order valence-electron chi connectivity index (χ3n) is 4.45. The second-order valence-corrected chi connectivity index (χ2v) is 6.85. The molecule has 0 bridgehead atoms. The molecule has 0 fully saturated rings. The molecule has 2 amide bonds. The van der Waals surface area contributed by atoms with E-state index < -0.39 is 17.4 Å². The number of hydrogen-bond donors (Lipinski definition) is 2. The zero-order chi connectivity index (χ0) is 17.3. The van der Waals surface area contributed by atoms with Gasteiger partial charge in [0.2, 0.25) is 0 Å². The Labute approximate surface area is 145 Å². The van der Waals surface area contributed by atoms with Gasteiger partial charge in [0.25, 0.3) is 17.4 Å². The number of rotatable bonds is 1. The summed E-state index contributed by atoms with van der Waals surface area (Å²) in [6.07, 6.45) is 0. The zero-order valence-electron chi connectivity index (χ0n) is 12.8. The van der Waals surface area contributed by atoms with Gasteiger partial charge < -0.3 is 10.6 Å². The van der Waals surface area contributed by atoms with Crippen molar-refractivity contribution >= 4 is 40.2 Å². The summed E-state index contributed by atoms with van der Waals surface area (Å²) >= 11 is 1.59. The van der Waals surface area contributed by atoms with Gasteiger partial charge >= 0.3 is 0 Å². The molecule has 25 heavy (non-hydrogen) atoms. The molecule has 8 nitrogen and oxygen atoms in total. The molecule has 3 aliphatic heterocycles. The highest BCUT2D eigenvalue weighted by Gasteiger charge is 2.33. The van der Waals surface area contributed by atoms with Crippen LogP contribution in [0.4, 0.5) is 11.5 Å².